The van der Waals surface area contributed by atoms with Gasteiger partial charge in [-0.25, -0.2) is 0 Å². The zero-order valence-electron chi connectivity index (χ0n) is 11.7. The molecule has 0 saturated heterocycles. The fraction of sp³-hybridized carbons (Fsp3) is 0.0667. The summed E-state index contributed by atoms with van der Waals surface area (Å²) in [5, 5.41) is 15.1. The summed E-state index contributed by atoms with van der Waals surface area (Å²) >= 11 is 2.76. The second-order valence-electron chi connectivity index (χ2n) is 4.64. The van der Waals surface area contributed by atoms with Crippen molar-refractivity contribution >= 4 is 34.5 Å². The number of Topliss-reactive ketones (excluding diaryl/α,β-unsaturated/α-hetero) is 1. The number of ketones is 1. The SMILES string of the molecule is O=C(CSc1nnc2ccc(-c3ccco3)nn12)c1cccs1. The van der Waals surface area contributed by atoms with Crippen molar-refractivity contribution in [3.05, 3.63) is 52.9 Å². The average Bonchev–Trinajstić information content (AvgIpc) is 3.33. The number of carbonyl (C=O) groups is 1. The van der Waals surface area contributed by atoms with Crippen LogP contribution in [0.1, 0.15) is 9.67 Å². The summed E-state index contributed by atoms with van der Waals surface area (Å²) in [5.74, 6) is 1.05. The molecule has 4 aromatic heterocycles. The van der Waals surface area contributed by atoms with E-state index in [0.717, 1.165) is 4.88 Å². The minimum Gasteiger partial charge on any atom is -0.463 e. The Kier molecular flexibility index (Phi) is 3.68. The van der Waals surface area contributed by atoms with Gasteiger partial charge in [-0.3, -0.25) is 4.79 Å². The molecule has 4 aromatic rings. The van der Waals surface area contributed by atoms with Gasteiger partial charge in [0.2, 0.25) is 5.16 Å². The van der Waals surface area contributed by atoms with Crippen LogP contribution in [-0.4, -0.2) is 31.3 Å². The Labute approximate surface area is 139 Å². The quantitative estimate of drug-likeness (QED) is 0.409. The minimum absolute atomic E-state index is 0.0731. The van der Waals surface area contributed by atoms with E-state index in [1.54, 1.807) is 10.8 Å². The van der Waals surface area contributed by atoms with Crippen LogP contribution in [0.25, 0.3) is 17.1 Å². The molecule has 0 aliphatic heterocycles. The van der Waals surface area contributed by atoms with Gasteiger partial charge < -0.3 is 4.42 Å². The first-order valence-electron chi connectivity index (χ1n) is 6.77. The first-order valence-corrected chi connectivity index (χ1v) is 8.63. The molecule has 6 nitrogen and oxygen atoms in total. The number of thioether (sulfide) groups is 1. The van der Waals surface area contributed by atoms with Gasteiger partial charge in [0.15, 0.2) is 17.2 Å². The summed E-state index contributed by atoms with van der Waals surface area (Å²) in [6, 6.07) is 11.0. The Hall–Kier alpha value is -2.45. The molecule has 0 unspecified atom stereocenters. The van der Waals surface area contributed by atoms with Gasteiger partial charge >= 0.3 is 0 Å². The Morgan fingerprint density at radius 1 is 1.22 bits per heavy atom. The van der Waals surface area contributed by atoms with Crippen LogP contribution in [-0.2, 0) is 0 Å². The third-order valence-electron chi connectivity index (χ3n) is 3.14. The standard InChI is InChI=1S/C15H10N4O2S2/c20-11(13-4-2-8-22-13)9-23-15-17-16-14-6-5-10(18-19(14)15)12-3-1-7-21-12/h1-8H,9H2. The predicted octanol–water partition coefficient (Wildman–Crippen LogP) is 3.42. The molecule has 4 rings (SSSR count). The summed E-state index contributed by atoms with van der Waals surface area (Å²) in [6.45, 7) is 0. The minimum atomic E-state index is 0.0731. The lowest BCUT2D eigenvalue weighted by Gasteiger charge is -2.00. The van der Waals surface area contributed by atoms with Crippen LogP contribution in [0.3, 0.4) is 0 Å². The van der Waals surface area contributed by atoms with E-state index in [9.17, 15) is 4.79 Å². The fourth-order valence-corrected chi connectivity index (χ4v) is 3.58. The molecule has 0 fully saturated rings. The van der Waals surface area contributed by atoms with Crippen molar-refractivity contribution in [1.82, 2.24) is 19.8 Å². The van der Waals surface area contributed by atoms with E-state index in [1.807, 2.05) is 41.8 Å². The van der Waals surface area contributed by atoms with Crippen molar-refractivity contribution in [3.63, 3.8) is 0 Å². The molecule has 0 aliphatic carbocycles. The van der Waals surface area contributed by atoms with E-state index >= 15 is 0 Å². The molecular formula is C15H10N4O2S2. The summed E-state index contributed by atoms with van der Waals surface area (Å²) in [5.41, 5.74) is 1.32. The highest BCUT2D eigenvalue weighted by atomic mass is 32.2. The highest BCUT2D eigenvalue weighted by Gasteiger charge is 2.13. The number of nitrogens with zero attached hydrogens (tertiary/aromatic N) is 4. The van der Waals surface area contributed by atoms with Crippen molar-refractivity contribution in [2.45, 2.75) is 5.16 Å². The summed E-state index contributed by atoms with van der Waals surface area (Å²) in [6.07, 6.45) is 1.60. The number of hydrogen-bond donors (Lipinski definition) is 0. The number of carbonyl (C=O) groups excluding carboxylic acids is 1. The average molecular weight is 342 g/mol. The number of thiophene rings is 1. The normalized spacial score (nSPS) is 11.1. The molecule has 0 radical (unpaired) electrons. The van der Waals surface area contributed by atoms with Gasteiger partial charge in [0.25, 0.3) is 0 Å². The van der Waals surface area contributed by atoms with Gasteiger partial charge in [0.1, 0.15) is 5.69 Å². The molecule has 114 valence electrons. The molecule has 0 aliphatic rings. The topological polar surface area (TPSA) is 73.3 Å². The van der Waals surface area contributed by atoms with Crippen LogP contribution >= 0.6 is 23.1 Å². The van der Waals surface area contributed by atoms with Gasteiger partial charge in [0.05, 0.1) is 16.9 Å². The molecule has 0 N–H and O–H groups in total. The van der Waals surface area contributed by atoms with Crippen molar-refractivity contribution in [2.75, 3.05) is 5.75 Å². The smallest absolute Gasteiger partial charge is 0.212 e. The highest BCUT2D eigenvalue weighted by molar-refractivity contribution is 7.99. The first kappa shape index (κ1) is 14.2. The maximum atomic E-state index is 12.1. The molecular weight excluding hydrogens is 332 g/mol. The van der Waals surface area contributed by atoms with Gasteiger partial charge in [-0.1, -0.05) is 17.8 Å². The molecule has 0 aromatic carbocycles. The Bertz CT molecular complexity index is 945. The van der Waals surface area contributed by atoms with Crippen LogP contribution in [0, 0.1) is 0 Å². The Morgan fingerprint density at radius 3 is 2.96 bits per heavy atom. The first-order chi connectivity index (χ1) is 11.3. The lowest BCUT2D eigenvalue weighted by molar-refractivity contribution is 0.102. The van der Waals surface area contributed by atoms with Crippen molar-refractivity contribution in [1.29, 1.82) is 0 Å². The van der Waals surface area contributed by atoms with Crippen LogP contribution in [0.2, 0.25) is 0 Å². The second-order valence-corrected chi connectivity index (χ2v) is 6.53. The number of furan rings is 1. The van der Waals surface area contributed by atoms with E-state index in [4.69, 9.17) is 4.42 Å². The fourth-order valence-electron chi connectivity index (χ4n) is 2.05. The van der Waals surface area contributed by atoms with E-state index in [1.165, 1.54) is 23.1 Å². The van der Waals surface area contributed by atoms with Crippen LogP contribution < -0.4 is 0 Å². The molecule has 0 atom stereocenters. The van der Waals surface area contributed by atoms with E-state index in [0.29, 0.717) is 28.0 Å². The molecule has 0 amide bonds. The van der Waals surface area contributed by atoms with Gasteiger partial charge in [0, 0.05) is 0 Å². The van der Waals surface area contributed by atoms with Gasteiger partial charge in [-0.15, -0.1) is 21.5 Å². The number of aromatic nitrogens is 4. The zero-order valence-corrected chi connectivity index (χ0v) is 13.4. The lowest BCUT2D eigenvalue weighted by Crippen LogP contribution is -2.02. The number of fused-ring (bicyclic) bond motifs is 1. The number of rotatable bonds is 5. The van der Waals surface area contributed by atoms with Crippen LogP contribution in [0.4, 0.5) is 0 Å². The molecule has 0 spiro atoms. The molecule has 0 saturated carbocycles. The third kappa shape index (κ3) is 2.78. The van der Waals surface area contributed by atoms with Crippen molar-refractivity contribution in [2.24, 2.45) is 0 Å². The Morgan fingerprint density at radius 2 is 2.17 bits per heavy atom. The monoisotopic (exact) mass is 342 g/mol. The lowest BCUT2D eigenvalue weighted by atomic mass is 10.3. The van der Waals surface area contributed by atoms with Gasteiger partial charge in [-0.2, -0.15) is 9.61 Å². The Balaban J connectivity index is 1.60. The van der Waals surface area contributed by atoms with Crippen LogP contribution in [0.5, 0.6) is 0 Å². The third-order valence-corrected chi connectivity index (χ3v) is 4.97. The van der Waals surface area contributed by atoms with E-state index in [-0.39, 0.29) is 5.78 Å². The molecule has 0 bridgehead atoms. The van der Waals surface area contributed by atoms with Crippen molar-refractivity contribution < 1.29 is 9.21 Å². The molecule has 23 heavy (non-hydrogen) atoms. The largest absolute Gasteiger partial charge is 0.463 e. The van der Waals surface area contributed by atoms with E-state index in [2.05, 4.69) is 15.3 Å². The zero-order chi connectivity index (χ0) is 15.6. The maximum absolute atomic E-state index is 12.1. The number of hydrogen-bond acceptors (Lipinski definition) is 7. The van der Waals surface area contributed by atoms with Crippen LogP contribution in [0.15, 0.2) is 57.6 Å². The molecule has 8 heteroatoms. The van der Waals surface area contributed by atoms with Crippen molar-refractivity contribution in [3.8, 4) is 11.5 Å². The van der Waals surface area contributed by atoms with Gasteiger partial charge in [-0.05, 0) is 35.7 Å². The summed E-state index contributed by atoms with van der Waals surface area (Å²) < 4.78 is 6.99. The van der Waals surface area contributed by atoms with E-state index < -0.39 is 0 Å². The highest BCUT2D eigenvalue weighted by Crippen LogP contribution is 2.22. The predicted molar refractivity (Wildman–Crippen MR) is 87.9 cm³/mol. The maximum Gasteiger partial charge on any atom is 0.212 e. The second kappa shape index (κ2) is 5.98. The summed E-state index contributed by atoms with van der Waals surface area (Å²) in [4.78, 5) is 12.8. The molecule has 4 heterocycles. The summed E-state index contributed by atoms with van der Waals surface area (Å²) in [7, 11) is 0.